The van der Waals surface area contributed by atoms with Crippen LogP contribution in [0.2, 0.25) is 0 Å². The first-order valence-corrected chi connectivity index (χ1v) is 14.5. The summed E-state index contributed by atoms with van der Waals surface area (Å²) < 4.78 is 2.56. The molecule has 2 N–H and O–H groups in total. The quantitative estimate of drug-likeness (QED) is 0.436. The van der Waals surface area contributed by atoms with Gasteiger partial charge in [0.25, 0.3) is 0 Å². The molecule has 1 aromatic carbocycles. The minimum atomic E-state index is 0.358. The molecule has 2 aromatic rings. The molecule has 0 radical (unpaired) electrons. The lowest BCUT2D eigenvalue weighted by molar-refractivity contribution is -0.121. The third-order valence-corrected chi connectivity index (χ3v) is 9.47. The second-order valence-corrected chi connectivity index (χ2v) is 12.0. The number of ketones is 1. The molecule has 34 heavy (non-hydrogen) atoms. The number of para-hydroxylation sites is 1. The van der Waals surface area contributed by atoms with Gasteiger partial charge in [0.1, 0.15) is 5.78 Å². The average molecular weight is 463 g/mol. The lowest BCUT2D eigenvalue weighted by atomic mass is 9.73. The van der Waals surface area contributed by atoms with Crippen molar-refractivity contribution in [3.05, 3.63) is 36.0 Å². The van der Waals surface area contributed by atoms with Crippen molar-refractivity contribution in [2.24, 2.45) is 23.5 Å². The molecule has 3 saturated carbocycles. The van der Waals surface area contributed by atoms with Crippen LogP contribution in [0.5, 0.6) is 0 Å². The van der Waals surface area contributed by atoms with E-state index in [0.717, 1.165) is 51.0 Å². The van der Waals surface area contributed by atoms with Crippen molar-refractivity contribution in [1.82, 2.24) is 4.57 Å². The van der Waals surface area contributed by atoms with Gasteiger partial charge in [0.2, 0.25) is 0 Å². The molecular weight excluding hydrogens is 416 g/mol. The molecule has 0 saturated heterocycles. The molecule has 0 bridgehead atoms. The van der Waals surface area contributed by atoms with E-state index in [1.54, 1.807) is 0 Å². The van der Waals surface area contributed by atoms with E-state index in [1.807, 2.05) is 0 Å². The zero-order valence-corrected chi connectivity index (χ0v) is 21.2. The van der Waals surface area contributed by atoms with Crippen LogP contribution in [0.3, 0.4) is 0 Å². The maximum Gasteiger partial charge on any atom is 0.133 e. The molecule has 0 spiro atoms. The van der Waals surface area contributed by atoms with Gasteiger partial charge in [-0.15, -0.1) is 0 Å². The van der Waals surface area contributed by atoms with Crippen LogP contribution >= 0.6 is 0 Å². The summed E-state index contributed by atoms with van der Waals surface area (Å²) in [7, 11) is 0. The molecule has 186 valence electrons. The molecule has 1 unspecified atom stereocenters. The molecule has 5 rings (SSSR count). The summed E-state index contributed by atoms with van der Waals surface area (Å²) in [6.45, 7) is 1.15. The van der Waals surface area contributed by atoms with E-state index < -0.39 is 0 Å². The zero-order chi connectivity index (χ0) is 23.3. The smallest absolute Gasteiger partial charge is 0.133 e. The highest BCUT2D eigenvalue weighted by Crippen LogP contribution is 2.42. The SMILES string of the molecule is NC1CCC(CC(=O)CC(c2cn(CC3CCCCC3)c3ccccc23)C2CCCCC2)CC1. The number of fused-ring (bicyclic) bond motifs is 1. The summed E-state index contributed by atoms with van der Waals surface area (Å²) in [6.07, 6.45) is 22.0. The molecular formula is C31H46N2O. The van der Waals surface area contributed by atoms with Crippen LogP contribution in [0.4, 0.5) is 0 Å². The van der Waals surface area contributed by atoms with Gasteiger partial charge in [-0.05, 0) is 86.7 Å². The molecule has 3 aliphatic rings. The lowest BCUT2D eigenvalue weighted by Crippen LogP contribution is -2.28. The van der Waals surface area contributed by atoms with Gasteiger partial charge in [0.05, 0.1) is 0 Å². The zero-order valence-electron chi connectivity index (χ0n) is 21.2. The molecule has 3 fully saturated rings. The van der Waals surface area contributed by atoms with E-state index in [2.05, 4.69) is 35.0 Å². The molecule has 1 aromatic heterocycles. The second-order valence-electron chi connectivity index (χ2n) is 12.0. The van der Waals surface area contributed by atoms with Gasteiger partial charge in [0.15, 0.2) is 0 Å². The van der Waals surface area contributed by atoms with Gasteiger partial charge in [-0.3, -0.25) is 4.79 Å². The van der Waals surface area contributed by atoms with Gasteiger partial charge in [0, 0.05) is 42.5 Å². The molecule has 3 heteroatoms. The fraction of sp³-hybridized carbons (Fsp3) is 0.710. The van der Waals surface area contributed by atoms with Crippen LogP contribution in [-0.4, -0.2) is 16.4 Å². The number of nitrogens with two attached hydrogens (primary N) is 1. The standard InChI is InChI=1S/C31H46N2O/c32-26-17-15-23(16-18-26)19-27(34)20-29(25-11-5-2-6-12-25)30-22-33(21-24-9-3-1-4-10-24)31-14-8-7-13-28(30)31/h7-8,13-14,22-26,29H,1-6,9-12,15-21,32H2. The summed E-state index contributed by atoms with van der Waals surface area (Å²) in [5, 5.41) is 1.41. The van der Waals surface area contributed by atoms with Crippen molar-refractivity contribution in [3.8, 4) is 0 Å². The Balaban J connectivity index is 1.39. The van der Waals surface area contributed by atoms with Crippen molar-refractivity contribution < 1.29 is 4.79 Å². The largest absolute Gasteiger partial charge is 0.347 e. The number of aromatic nitrogens is 1. The van der Waals surface area contributed by atoms with Crippen LogP contribution in [0, 0.1) is 17.8 Å². The molecule has 1 heterocycles. The van der Waals surface area contributed by atoms with Crippen molar-refractivity contribution in [1.29, 1.82) is 0 Å². The first kappa shape index (κ1) is 24.1. The minimum Gasteiger partial charge on any atom is -0.347 e. The predicted octanol–water partition coefficient (Wildman–Crippen LogP) is 7.75. The van der Waals surface area contributed by atoms with E-state index in [0.29, 0.717) is 29.6 Å². The first-order chi connectivity index (χ1) is 16.7. The lowest BCUT2D eigenvalue weighted by Gasteiger charge is -2.31. The second kappa shape index (κ2) is 11.4. The van der Waals surface area contributed by atoms with Gasteiger partial charge in [-0.1, -0.05) is 56.7 Å². The van der Waals surface area contributed by atoms with Crippen molar-refractivity contribution in [2.75, 3.05) is 0 Å². The van der Waals surface area contributed by atoms with Crippen molar-refractivity contribution in [3.63, 3.8) is 0 Å². The molecule has 1 atom stereocenters. The molecule has 3 aliphatic carbocycles. The number of nitrogens with zero attached hydrogens (tertiary/aromatic N) is 1. The van der Waals surface area contributed by atoms with Crippen LogP contribution < -0.4 is 5.73 Å². The van der Waals surface area contributed by atoms with E-state index in [9.17, 15) is 4.79 Å². The number of Topliss-reactive ketones (excluding diaryl/α,β-unsaturated/α-hetero) is 1. The Kier molecular flexibility index (Phi) is 8.09. The number of carbonyl (C=O) groups is 1. The van der Waals surface area contributed by atoms with E-state index in [1.165, 1.54) is 80.7 Å². The number of rotatable bonds is 8. The van der Waals surface area contributed by atoms with E-state index >= 15 is 0 Å². The van der Waals surface area contributed by atoms with E-state index in [-0.39, 0.29) is 0 Å². The van der Waals surface area contributed by atoms with Crippen LogP contribution in [0.1, 0.15) is 114 Å². The van der Waals surface area contributed by atoms with Gasteiger partial charge >= 0.3 is 0 Å². The van der Waals surface area contributed by atoms with Crippen molar-refractivity contribution >= 4 is 16.7 Å². The highest BCUT2D eigenvalue weighted by molar-refractivity contribution is 5.86. The predicted molar refractivity (Wildman–Crippen MR) is 142 cm³/mol. The highest BCUT2D eigenvalue weighted by atomic mass is 16.1. The minimum absolute atomic E-state index is 0.358. The normalized spacial score (nSPS) is 26.0. The number of hydrogen-bond donors (Lipinski definition) is 1. The maximum absolute atomic E-state index is 13.4. The summed E-state index contributed by atoms with van der Waals surface area (Å²) in [6, 6.07) is 9.38. The fourth-order valence-corrected chi connectivity index (χ4v) is 7.48. The molecule has 3 nitrogen and oxygen atoms in total. The van der Waals surface area contributed by atoms with Crippen LogP contribution in [-0.2, 0) is 11.3 Å². The Hall–Kier alpha value is -1.61. The molecule has 0 aliphatic heterocycles. The first-order valence-electron chi connectivity index (χ1n) is 14.5. The third-order valence-electron chi connectivity index (χ3n) is 9.47. The summed E-state index contributed by atoms with van der Waals surface area (Å²) >= 11 is 0. The number of carbonyl (C=O) groups excluding carboxylic acids is 1. The summed E-state index contributed by atoms with van der Waals surface area (Å²) in [4.78, 5) is 13.4. The fourth-order valence-electron chi connectivity index (χ4n) is 7.48. The maximum atomic E-state index is 13.4. The molecule has 0 amide bonds. The Morgan fingerprint density at radius 3 is 2.26 bits per heavy atom. The van der Waals surface area contributed by atoms with Gasteiger partial charge in [-0.25, -0.2) is 0 Å². The third kappa shape index (κ3) is 5.78. The number of hydrogen-bond acceptors (Lipinski definition) is 2. The summed E-state index contributed by atoms with van der Waals surface area (Å²) in [5.41, 5.74) is 8.97. The monoisotopic (exact) mass is 462 g/mol. The van der Waals surface area contributed by atoms with Crippen LogP contribution in [0.25, 0.3) is 10.9 Å². The van der Waals surface area contributed by atoms with E-state index in [4.69, 9.17) is 5.73 Å². The Morgan fingerprint density at radius 2 is 1.53 bits per heavy atom. The highest BCUT2D eigenvalue weighted by Gasteiger charge is 2.31. The van der Waals surface area contributed by atoms with Crippen molar-refractivity contribution in [2.45, 2.75) is 121 Å². The topological polar surface area (TPSA) is 48.0 Å². The number of benzene rings is 1. The van der Waals surface area contributed by atoms with Crippen LogP contribution in [0.15, 0.2) is 30.5 Å². The van der Waals surface area contributed by atoms with Gasteiger partial charge < -0.3 is 10.3 Å². The van der Waals surface area contributed by atoms with Gasteiger partial charge in [-0.2, -0.15) is 0 Å². The summed E-state index contributed by atoms with van der Waals surface area (Å²) in [5.74, 6) is 2.92. The Labute approximate surface area is 206 Å². The Morgan fingerprint density at radius 1 is 0.853 bits per heavy atom. The average Bonchev–Trinajstić information content (AvgIpc) is 3.23. The Bertz CT molecular complexity index is 926.